The van der Waals surface area contributed by atoms with Crippen LogP contribution in [0, 0.1) is 17.2 Å². The average molecular weight is 265 g/mol. The summed E-state index contributed by atoms with van der Waals surface area (Å²) in [5.74, 6) is 0.964. The fourth-order valence-electron chi connectivity index (χ4n) is 2.81. The van der Waals surface area contributed by atoms with Crippen LogP contribution in [-0.4, -0.2) is 36.6 Å². The Morgan fingerprint density at radius 2 is 2.05 bits per heavy atom. The smallest absolute Gasteiger partial charge is 0.103 e. The number of hydrogen-bond acceptors (Lipinski definition) is 3. The van der Waals surface area contributed by atoms with Crippen LogP contribution in [0.5, 0.6) is 0 Å². The molecule has 1 unspecified atom stereocenters. The summed E-state index contributed by atoms with van der Waals surface area (Å²) in [4.78, 5) is 2.58. The molecule has 1 fully saturated rings. The van der Waals surface area contributed by atoms with E-state index in [4.69, 9.17) is 0 Å². The molecule has 3 nitrogen and oxygen atoms in total. The summed E-state index contributed by atoms with van der Waals surface area (Å²) < 4.78 is 0. The van der Waals surface area contributed by atoms with E-state index in [-0.39, 0.29) is 5.54 Å². The number of nitrogens with zero attached hydrogens (tertiary/aromatic N) is 2. The summed E-state index contributed by atoms with van der Waals surface area (Å²) in [5.41, 5.74) is -0.334. The topological polar surface area (TPSA) is 39.1 Å². The van der Waals surface area contributed by atoms with E-state index < -0.39 is 0 Å². The van der Waals surface area contributed by atoms with Gasteiger partial charge in [0.2, 0.25) is 0 Å². The molecule has 0 aromatic rings. The maximum atomic E-state index is 9.21. The fourth-order valence-corrected chi connectivity index (χ4v) is 2.81. The van der Waals surface area contributed by atoms with Crippen LogP contribution in [-0.2, 0) is 0 Å². The molecule has 1 N–H and O–H groups in total. The molecule has 3 heteroatoms. The van der Waals surface area contributed by atoms with Crippen LogP contribution in [0.1, 0.15) is 59.3 Å². The van der Waals surface area contributed by atoms with Gasteiger partial charge in [-0.15, -0.1) is 0 Å². The van der Waals surface area contributed by atoms with Crippen LogP contribution >= 0.6 is 0 Å². The molecule has 0 aliphatic heterocycles. The van der Waals surface area contributed by atoms with Crippen molar-refractivity contribution in [3.8, 4) is 6.07 Å². The predicted molar refractivity (Wildman–Crippen MR) is 81.0 cm³/mol. The monoisotopic (exact) mass is 265 g/mol. The van der Waals surface area contributed by atoms with E-state index in [1.54, 1.807) is 0 Å². The van der Waals surface area contributed by atoms with Crippen molar-refractivity contribution in [2.45, 2.75) is 64.8 Å². The first-order valence-electron chi connectivity index (χ1n) is 8.02. The first-order chi connectivity index (χ1) is 9.13. The maximum absolute atomic E-state index is 9.21. The molecule has 1 rings (SSSR count). The SMILES string of the molecule is CCNC(C)(C#N)CCCCN(CC)CC1CCC1. The molecule has 1 aliphatic rings. The zero-order valence-corrected chi connectivity index (χ0v) is 13.0. The Kier molecular flexibility index (Phi) is 7.41. The van der Waals surface area contributed by atoms with Gasteiger partial charge in [0.25, 0.3) is 0 Å². The Morgan fingerprint density at radius 3 is 2.53 bits per heavy atom. The van der Waals surface area contributed by atoms with Gasteiger partial charge >= 0.3 is 0 Å². The van der Waals surface area contributed by atoms with Crippen molar-refractivity contribution < 1.29 is 0 Å². The Hall–Kier alpha value is -0.590. The molecule has 1 atom stereocenters. The van der Waals surface area contributed by atoms with E-state index in [1.165, 1.54) is 45.3 Å². The van der Waals surface area contributed by atoms with Crippen molar-refractivity contribution in [1.29, 1.82) is 5.26 Å². The highest BCUT2D eigenvalue weighted by Crippen LogP contribution is 2.27. The molecule has 0 heterocycles. The lowest BCUT2D eigenvalue weighted by Gasteiger charge is -2.32. The average Bonchev–Trinajstić information content (AvgIpc) is 2.36. The number of nitriles is 1. The van der Waals surface area contributed by atoms with Gasteiger partial charge in [0, 0.05) is 6.54 Å². The van der Waals surface area contributed by atoms with Crippen molar-refractivity contribution in [2.24, 2.45) is 5.92 Å². The summed E-state index contributed by atoms with van der Waals surface area (Å²) >= 11 is 0. The van der Waals surface area contributed by atoms with Crippen molar-refractivity contribution in [3.05, 3.63) is 0 Å². The Morgan fingerprint density at radius 1 is 1.32 bits per heavy atom. The molecular formula is C16H31N3. The van der Waals surface area contributed by atoms with Crippen LogP contribution in [0.2, 0.25) is 0 Å². The van der Waals surface area contributed by atoms with Crippen molar-refractivity contribution in [2.75, 3.05) is 26.2 Å². The van der Waals surface area contributed by atoms with Crippen LogP contribution in [0.15, 0.2) is 0 Å². The summed E-state index contributed by atoms with van der Waals surface area (Å²) in [5, 5.41) is 12.5. The summed E-state index contributed by atoms with van der Waals surface area (Å²) in [6.07, 6.45) is 7.61. The van der Waals surface area contributed by atoms with Gasteiger partial charge in [0.15, 0.2) is 0 Å². The molecule has 19 heavy (non-hydrogen) atoms. The maximum Gasteiger partial charge on any atom is 0.103 e. The second-order valence-corrected chi connectivity index (χ2v) is 6.12. The van der Waals surface area contributed by atoms with Gasteiger partial charge in [-0.3, -0.25) is 5.32 Å². The Bertz CT molecular complexity index is 280. The van der Waals surface area contributed by atoms with Crippen LogP contribution in [0.4, 0.5) is 0 Å². The van der Waals surface area contributed by atoms with Gasteiger partial charge < -0.3 is 4.90 Å². The third kappa shape index (κ3) is 5.93. The zero-order valence-electron chi connectivity index (χ0n) is 13.0. The molecule has 0 aromatic heterocycles. The van der Waals surface area contributed by atoms with E-state index in [9.17, 15) is 5.26 Å². The van der Waals surface area contributed by atoms with Gasteiger partial charge in [-0.05, 0) is 64.6 Å². The molecule has 0 saturated heterocycles. The standard InChI is InChI=1S/C16H31N3/c1-4-18-16(3,14-17)11-6-7-12-19(5-2)13-15-9-8-10-15/h15,18H,4-13H2,1-3H3. The second kappa shape index (κ2) is 8.55. The minimum Gasteiger partial charge on any atom is -0.303 e. The third-order valence-electron chi connectivity index (χ3n) is 4.40. The molecule has 0 amide bonds. The predicted octanol–water partition coefficient (Wildman–Crippen LogP) is 3.17. The molecule has 1 aliphatic carbocycles. The molecular weight excluding hydrogens is 234 g/mol. The quantitative estimate of drug-likeness (QED) is 0.617. The Labute approximate surface area is 119 Å². The molecule has 0 spiro atoms. The van der Waals surface area contributed by atoms with Crippen LogP contribution in [0.25, 0.3) is 0 Å². The lowest BCUT2D eigenvalue weighted by molar-refractivity contribution is 0.180. The number of hydrogen-bond donors (Lipinski definition) is 1. The highest BCUT2D eigenvalue weighted by Gasteiger charge is 2.22. The summed E-state index contributed by atoms with van der Waals surface area (Å²) in [6, 6.07) is 2.41. The van der Waals surface area contributed by atoms with Crippen molar-refractivity contribution in [1.82, 2.24) is 10.2 Å². The Balaban J connectivity index is 2.15. The van der Waals surface area contributed by atoms with E-state index in [2.05, 4.69) is 30.1 Å². The molecule has 0 bridgehead atoms. The highest BCUT2D eigenvalue weighted by atomic mass is 15.1. The molecule has 110 valence electrons. The van der Waals surface area contributed by atoms with Crippen LogP contribution in [0.3, 0.4) is 0 Å². The molecule has 1 saturated carbocycles. The minimum absolute atomic E-state index is 0.334. The lowest BCUT2D eigenvalue weighted by Crippen LogP contribution is -2.40. The van der Waals surface area contributed by atoms with E-state index in [0.29, 0.717) is 0 Å². The first-order valence-corrected chi connectivity index (χ1v) is 8.02. The van der Waals surface area contributed by atoms with E-state index >= 15 is 0 Å². The number of nitrogens with one attached hydrogen (secondary N) is 1. The second-order valence-electron chi connectivity index (χ2n) is 6.12. The first kappa shape index (κ1) is 16.5. The van der Waals surface area contributed by atoms with Crippen LogP contribution < -0.4 is 5.32 Å². The van der Waals surface area contributed by atoms with Gasteiger partial charge in [0.1, 0.15) is 5.54 Å². The summed E-state index contributed by atoms with van der Waals surface area (Å²) in [7, 11) is 0. The van der Waals surface area contributed by atoms with Crippen molar-refractivity contribution in [3.63, 3.8) is 0 Å². The van der Waals surface area contributed by atoms with E-state index in [0.717, 1.165) is 25.3 Å². The summed E-state index contributed by atoms with van der Waals surface area (Å²) in [6.45, 7) is 10.9. The highest BCUT2D eigenvalue weighted by molar-refractivity contribution is 5.03. The van der Waals surface area contributed by atoms with Gasteiger partial charge in [0.05, 0.1) is 6.07 Å². The van der Waals surface area contributed by atoms with Gasteiger partial charge in [-0.1, -0.05) is 20.3 Å². The number of unbranched alkanes of at least 4 members (excludes halogenated alkanes) is 1. The normalized spacial score (nSPS) is 18.9. The largest absolute Gasteiger partial charge is 0.303 e. The molecule has 0 aromatic carbocycles. The van der Waals surface area contributed by atoms with E-state index in [1.807, 2.05) is 6.92 Å². The lowest BCUT2D eigenvalue weighted by atomic mass is 9.85. The number of rotatable bonds is 10. The van der Waals surface area contributed by atoms with Crippen molar-refractivity contribution >= 4 is 0 Å². The fraction of sp³-hybridized carbons (Fsp3) is 0.938. The van der Waals surface area contributed by atoms with Gasteiger partial charge in [-0.25, -0.2) is 0 Å². The molecule has 0 radical (unpaired) electrons. The zero-order chi connectivity index (χ0) is 14.1. The third-order valence-corrected chi connectivity index (χ3v) is 4.40. The van der Waals surface area contributed by atoms with Gasteiger partial charge in [-0.2, -0.15) is 5.26 Å². The minimum atomic E-state index is -0.334.